The molecule has 1 atom stereocenters. The number of hydrogen-bond acceptors (Lipinski definition) is 1. The van der Waals surface area contributed by atoms with E-state index in [4.69, 9.17) is 11.6 Å². The van der Waals surface area contributed by atoms with E-state index in [9.17, 15) is 4.79 Å². The van der Waals surface area contributed by atoms with E-state index >= 15 is 0 Å². The van der Waals surface area contributed by atoms with Crippen LogP contribution in [0, 0.1) is 5.41 Å². The summed E-state index contributed by atoms with van der Waals surface area (Å²) in [7, 11) is 0. The number of nitrogens with one attached hydrogen (secondary N) is 1. The van der Waals surface area contributed by atoms with E-state index < -0.39 is 5.38 Å². The van der Waals surface area contributed by atoms with Crippen molar-refractivity contribution in [3.05, 3.63) is 0 Å². The lowest BCUT2D eigenvalue weighted by atomic mass is 9.96. The molecular formula is C10H16ClNO. The van der Waals surface area contributed by atoms with Crippen LogP contribution in [0.1, 0.15) is 39.5 Å². The topological polar surface area (TPSA) is 29.1 Å². The minimum absolute atomic E-state index is 0.00714. The number of amides is 1. The van der Waals surface area contributed by atoms with Crippen LogP contribution in [0.25, 0.3) is 0 Å². The van der Waals surface area contributed by atoms with Gasteiger partial charge in [0.2, 0.25) is 5.91 Å². The normalized spacial score (nSPS) is 29.2. The second-order valence-electron chi connectivity index (χ2n) is 4.75. The molecule has 0 aromatic heterocycles. The molecule has 0 aliphatic heterocycles. The van der Waals surface area contributed by atoms with Gasteiger partial charge >= 0.3 is 0 Å². The number of alkyl halides is 1. The highest BCUT2D eigenvalue weighted by molar-refractivity contribution is 6.30. The summed E-state index contributed by atoms with van der Waals surface area (Å²) in [6.07, 6.45) is 4.78. The fourth-order valence-electron chi connectivity index (χ4n) is 2.01. The zero-order chi connectivity index (χ0) is 9.69. The van der Waals surface area contributed by atoms with Crippen molar-refractivity contribution >= 4 is 17.5 Å². The summed E-state index contributed by atoms with van der Waals surface area (Å²) in [5, 5.41) is 2.70. The van der Waals surface area contributed by atoms with Crippen LogP contribution in [0.5, 0.6) is 0 Å². The first kappa shape index (κ1) is 9.32. The van der Waals surface area contributed by atoms with Gasteiger partial charge in [-0.1, -0.05) is 6.92 Å². The van der Waals surface area contributed by atoms with Gasteiger partial charge in [0, 0.05) is 5.54 Å². The Bertz CT molecular complexity index is 241. The van der Waals surface area contributed by atoms with Gasteiger partial charge in [0.15, 0.2) is 0 Å². The molecule has 1 N–H and O–H groups in total. The Morgan fingerprint density at radius 3 is 2.23 bits per heavy atom. The molecule has 2 rings (SSSR count). The molecule has 0 spiro atoms. The fourth-order valence-corrected chi connectivity index (χ4v) is 2.06. The summed E-state index contributed by atoms with van der Waals surface area (Å²) >= 11 is 5.72. The van der Waals surface area contributed by atoms with E-state index in [-0.39, 0.29) is 11.4 Å². The third-order valence-electron chi connectivity index (χ3n) is 3.63. The molecule has 74 valence electrons. The minimum atomic E-state index is -0.403. The average Bonchev–Trinajstić information content (AvgIpc) is 2.88. The summed E-state index contributed by atoms with van der Waals surface area (Å²) in [6.45, 7) is 3.99. The van der Waals surface area contributed by atoms with Crippen molar-refractivity contribution in [1.82, 2.24) is 5.32 Å². The van der Waals surface area contributed by atoms with Crippen LogP contribution in [0.2, 0.25) is 0 Å². The first-order valence-corrected chi connectivity index (χ1v) is 5.39. The van der Waals surface area contributed by atoms with Gasteiger partial charge in [-0.25, -0.2) is 0 Å². The smallest absolute Gasteiger partial charge is 0.238 e. The highest BCUT2D eigenvalue weighted by atomic mass is 35.5. The lowest BCUT2D eigenvalue weighted by molar-refractivity contribution is -0.121. The van der Waals surface area contributed by atoms with Crippen LogP contribution >= 0.6 is 11.6 Å². The van der Waals surface area contributed by atoms with Crippen LogP contribution < -0.4 is 5.32 Å². The van der Waals surface area contributed by atoms with Crippen molar-refractivity contribution in [3.8, 4) is 0 Å². The fraction of sp³-hybridized carbons (Fsp3) is 0.900. The molecule has 0 saturated heterocycles. The largest absolute Gasteiger partial charge is 0.349 e. The van der Waals surface area contributed by atoms with E-state index in [1.54, 1.807) is 6.92 Å². The molecule has 0 aromatic rings. The van der Waals surface area contributed by atoms with Gasteiger partial charge in [-0.2, -0.15) is 0 Å². The third kappa shape index (κ3) is 1.45. The third-order valence-corrected chi connectivity index (χ3v) is 3.83. The molecular weight excluding hydrogens is 186 g/mol. The summed E-state index contributed by atoms with van der Waals surface area (Å²) in [5.41, 5.74) is 0.502. The Morgan fingerprint density at radius 1 is 1.38 bits per heavy atom. The average molecular weight is 202 g/mol. The van der Waals surface area contributed by atoms with Crippen LogP contribution in [-0.2, 0) is 4.79 Å². The van der Waals surface area contributed by atoms with E-state index in [0.29, 0.717) is 5.41 Å². The first-order valence-electron chi connectivity index (χ1n) is 4.95. The molecule has 2 fully saturated rings. The summed E-state index contributed by atoms with van der Waals surface area (Å²) in [4.78, 5) is 11.4. The van der Waals surface area contributed by atoms with Crippen molar-refractivity contribution in [2.24, 2.45) is 5.41 Å². The Labute approximate surface area is 84.0 Å². The van der Waals surface area contributed by atoms with E-state index in [1.165, 1.54) is 12.8 Å². The van der Waals surface area contributed by atoms with Gasteiger partial charge in [-0.05, 0) is 38.0 Å². The molecule has 2 saturated carbocycles. The van der Waals surface area contributed by atoms with Crippen molar-refractivity contribution in [1.29, 1.82) is 0 Å². The molecule has 0 radical (unpaired) electrons. The Balaban J connectivity index is 1.98. The maximum atomic E-state index is 11.4. The molecule has 0 heterocycles. The SMILES string of the molecule is CC(Cl)C(=O)NC1(C2(C)CC2)CC1. The van der Waals surface area contributed by atoms with Crippen molar-refractivity contribution in [3.63, 3.8) is 0 Å². The number of carbonyl (C=O) groups is 1. The number of carbonyl (C=O) groups excluding carboxylic acids is 1. The molecule has 13 heavy (non-hydrogen) atoms. The zero-order valence-electron chi connectivity index (χ0n) is 8.19. The maximum Gasteiger partial charge on any atom is 0.238 e. The van der Waals surface area contributed by atoms with E-state index in [2.05, 4.69) is 12.2 Å². The Hall–Kier alpha value is -0.240. The van der Waals surface area contributed by atoms with Crippen LogP contribution in [0.15, 0.2) is 0 Å². The van der Waals surface area contributed by atoms with E-state index in [1.807, 2.05) is 0 Å². The zero-order valence-corrected chi connectivity index (χ0v) is 8.95. The van der Waals surface area contributed by atoms with Gasteiger partial charge < -0.3 is 5.32 Å². The second kappa shape index (κ2) is 2.63. The van der Waals surface area contributed by atoms with Gasteiger partial charge in [0.1, 0.15) is 5.38 Å². The van der Waals surface area contributed by atoms with Crippen LogP contribution in [-0.4, -0.2) is 16.8 Å². The summed E-state index contributed by atoms with van der Waals surface area (Å²) in [6, 6.07) is 0. The monoisotopic (exact) mass is 201 g/mol. The molecule has 2 aliphatic carbocycles. The standard InChI is InChI=1S/C10H16ClNO/c1-7(11)8(13)12-10(5-6-10)9(2)3-4-9/h7H,3-6H2,1-2H3,(H,12,13). The molecule has 0 bridgehead atoms. The van der Waals surface area contributed by atoms with E-state index in [0.717, 1.165) is 12.8 Å². The van der Waals surface area contributed by atoms with Crippen LogP contribution in [0.3, 0.4) is 0 Å². The Morgan fingerprint density at radius 2 is 1.92 bits per heavy atom. The number of hydrogen-bond donors (Lipinski definition) is 1. The quantitative estimate of drug-likeness (QED) is 0.696. The molecule has 0 aromatic carbocycles. The lowest BCUT2D eigenvalue weighted by Gasteiger charge is -2.24. The van der Waals surface area contributed by atoms with Crippen molar-refractivity contribution < 1.29 is 4.79 Å². The predicted octanol–water partition coefficient (Wildman–Crippen LogP) is 2.06. The lowest BCUT2D eigenvalue weighted by Crippen LogP contribution is -2.45. The van der Waals surface area contributed by atoms with Crippen molar-refractivity contribution in [2.45, 2.75) is 50.4 Å². The molecule has 2 aliphatic rings. The predicted molar refractivity (Wildman–Crippen MR) is 52.8 cm³/mol. The minimum Gasteiger partial charge on any atom is -0.349 e. The number of halogens is 1. The summed E-state index contributed by atoms with van der Waals surface area (Å²) < 4.78 is 0. The number of rotatable bonds is 3. The maximum absolute atomic E-state index is 11.4. The summed E-state index contributed by atoms with van der Waals surface area (Å²) in [5.74, 6) is -0.00714. The van der Waals surface area contributed by atoms with Gasteiger partial charge in [0.25, 0.3) is 0 Å². The van der Waals surface area contributed by atoms with Gasteiger partial charge in [-0.3, -0.25) is 4.79 Å². The van der Waals surface area contributed by atoms with Crippen LogP contribution in [0.4, 0.5) is 0 Å². The second-order valence-corrected chi connectivity index (χ2v) is 5.40. The highest BCUT2D eigenvalue weighted by Crippen LogP contribution is 2.63. The van der Waals surface area contributed by atoms with Gasteiger partial charge in [0.05, 0.1) is 0 Å². The molecule has 3 heteroatoms. The first-order chi connectivity index (χ1) is 5.99. The molecule has 1 unspecified atom stereocenters. The molecule has 2 nitrogen and oxygen atoms in total. The highest BCUT2D eigenvalue weighted by Gasteiger charge is 2.63. The van der Waals surface area contributed by atoms with Crippen molar-refractivity contribution in [2.75, 3.05) is 0 Å². The Kier molecular flexibility index (Phi) is 1.88. The van der Waals surface area contributed by atoms with Gasteiger partial charge in [-0.15, -0.1) is 11.6 Å². The molecule has 1 amide bonds.